The molecular weight excluding hydrogens is 318 g/mol. The van der Waals surface area contributed by atoms with Crippen LogP contribution in [0.4, 0.5) is 0 Å². The number of rotatable bonds is 7. The van der Waals surface area contributed by atoms with Gasteiger partial charge in [0.25, 0.3) is 0 Å². The Kier molecular flexibility index (Phi) is 5.63. The van der Waals surface area contributed by atoms with E-state index in [2.05, 4.69) is 68.9 Å². The number of thiazole rings is 1. The SMILES string of the molecule is CN(C)Cc1ccccc1CNCc1csc(-c2ncccn2)n1. The zero-order valence-corrected chi connectivity index (χ0v) is 14.8. The first-order valence-corrected chi connectivity index (χ1v) is 8.74. The number of aromatic nitrogens is 3. The molecule has 2 heterocycles. The number of nitrogens with one attached hydrogen (secondary N) is 1. The molecule has 0 saturated carbocycles. The summed E-state index contributed by atoms with van der Waals surface area (Å²) in [5, 5.41) is 6.40. The lowest BCUT2D eigenvalue weighted by molar-refractivity contribution is 0.400. The van der Waals surface area contributed by atoms with Crippen LogP contribution in [-0.4, -0.2) is 33.9 Å². The highest BCUT2D eigenvalue weighted by atomic mass is 32.1. The van der Waals surface area contributed by atoms with E-state index in [9.17, 15) is 0 Å². The summed E-state index contributed by atoms with van der Waals surface area (Å²) >= 11 is 1.58. The first-order valence-electron chi connectivity index (χ1n) is 7.86. The van der Waals surface area contributed by atoms with Gasteiger partial charge in [0.15, 0.2) is 10.8 Å². The summed E-state index contributed by atoms with van der Waals surface area (Å²) in [7, 11) is 4.18. The van der Waals surface area contributed by atoms with Gasteiger partial charge in [-0.3, -0.25) is 0 Å². The predicted molar refractivity (Wildman–Crippen MR) is 97.5 cm³/mol. The van der Waals surface area contributed by atoms with Gasteiger partial charge >= 0.3 is 0 Å². The molecule has 0 aliphatic carbocycles. The van der Waals surface area contributed by atoms with Crippen molar-refractivity contribution in [2.45, 2.75) is 19.6 Å². The Morgan fingerprint density at radius 1 is 1.00 bits per heavy atom. The summed E-state index contributed by atoms with van der Waals surface area (Å²) < 4.78 is 0. The van der Waals surface area contributed by atoms with E-state index in [0.717, 1.165) is 30.3 Å². The smallest absolute Gasteiger partial charge is 0.188 e. The molecule has 0 amide bonds. The van der Waals surface area contributed by atoms with E-state index < -0.39 is 0 Å². The lowest BCUT2D eigenvalue weighted by Gasteiger charge is -2.14. The van der Waals surface area contributed by atoms with E-state index in [1.165, 1.54) is 11.1 Å². The van der Waals surface area contributed by atoms with Crippen LogP contribution in [0, 0.1) is 0 Å². The van der Waals surface area contributed by atoms with Crippen molar-refractivity contribution in [2.75, 3.05) is 14.1 Å². The van der Waals surface area contributed by atoms with Crippen molar-refractivity contribution in [1.29, 1.82) is 0 Å². The standard InChI is InChI=1S/C18H21N5S/c1-23(2)12-15-7-4-3-6-14(15)10-19-11-16-13-24-18(22-16)17-20-8-5-9-21-17/h3-9,13,19H,10-12H2,1-2H3. The molecule has 0 radical (unpaired) electrons. The average molecular weight is 339 g/mol. The minimum absolute atomic E-state index is 0.685. The van der Waals surface area contributed by atoms with E-state index in [1.807, 2.05) is 6.07 Å². The van der Waals surface area contributed by atoms with Crippen molar-refractivity contribution in [3.8, 4) is 10.8 Å². The molecule has 124 valence electrons. The highest BCUT2D eigenvalue weighted by Crippen LogP contribution is 2.19. The largest absolute Gasteiger partial charge is 0.307 e. The van der Waals surface area contributed by atoms with Gasteiger partial charge in [-0.15, -0.1) is 11.3 Å². The van der Waals surface area contributed by atoms with Crippen LogP contribution in [0.15, 0.2) is 48.1 Å². The van der Waals surface area contributed by atoms with Crippen LogP contribution < -0.4 is 5.32 Å². The zero-order chi connectivity index (χ0) is 16.8. The van der Waals surface area contributed by atoms with Gasteiger partial charge in [0, 0.05) is 37.4 Å². The quantitative estimate of drug-likeness (QED) is 0.717. The Hall–Kier alpha value is -2.15. The van der Waals surface area contributed by atoms with Gasteiger partial charge in [0.1, 0.15) is 0 Å². The first-order chi connectivity index (χ1) is 11.7. The molecule has 3 rings (SSSR count). The Morgan fingerprint density at radius 3 is 2.50 bits per heavy atom. The van der Waals surface area contributed by atoms with Crippen molar-refractivity contribution < 1.29 is 0 Å². The highest BCUT2D eigenvalue weighted by molar-refractivity contribution is 7.13. The van der Waals surface area contributed by atoms with Gasteiger partial charge < -0.3 is 10.2 Å². The Bertz CT molecular complexity index is 770. The second-order valence-corrected chi connectivity index (χ2v) is 6.68. The molecule has 0 fully saturated rings. The second-order valence-electron chi connectivity index (χ2n) is 5.83. The predicted octanol–water partition coefficient (Wildman–Crippen LogP) is 2.95. The molecule has 5 nitrogen and oxygen atoms in total. The molecule has 0 aliphatic heterocycles. The highest BCUT2D eigenvalue weighted by Gasteiger charge is 2.07. The van der Waals surface area contributed by atoms with E-state index >= 15 is 0 Å². The van der Waals surface area contributed by atoms with Crippen molar-refractivity contribution in [3.05, 3.63) is 64.9 Å². The summed E-state index contributed by atoms with van der Waals surface area (Å²) in [6, 6.07) is 10.4. The maximum absolute atomic E-state index is 4.61. The van der Waals surface area contributed by atoms with Crippen LogP contribution in [0.5, 0.6) is 0 Å². The fraction of sp³-hybridized carbons (Fsp3) is 0.278. The molecule has 0 saturated heterocycles. The van der Waals surface area contributed by atoms with Crippen LogP contribution in [0.3, 0.4) is 0 Å². The van der Waals surface area contributed by atoms with Crippen LogP contribution in [-0.2, 0) is 19.6 Å². The van der Waals surface area contributed by atoms with Crippen LogP contribution in [0.2, 0.25) is 0 Å². The molecule has 0 atom stereocenters. The summed E-state index contributed by atoms with van der Waals surface area (Å²) in [5.41, 5.74) is 3.70. The molecular formula is C18H21N5S. The maximum Gasteiger partial charge on any atom is 0.188 e. The zero-order valence-electron chi connectivity index (χ0n) is 13.9. The van der Waals surface area contributed by atoms with Crippen molar-refractivity contribution in [3.63, 3.8) is 0 Å². The molecule has 2 aromatic heterocycles. The third-order valence-electron chi connectivity index (χ3n) is 3.54. The third kappa shape index (κ3) is 4.44. The Balaban J connectivity index is 1.59. The van der Waals surface area contributed by atoms with Gasteiger partial charge in [-0.2, -0.15) is 0 Å². The summed E-state index contributed by atoms with van der Waals surface area (Å²) in [6.45, 7) is 2.52. The topological polar surface area (TPSA) is 53.9 Å². The van der Waals surface area contributed by atoms with Crippen LogP contribution in [0.1, 0.15) is 16.8 Å². The summed E-state index contributed by atoms with van der Waals surface area (Å²) in [5.74, 6) is 0.685. The van der Waals surface area contributed by atoms with Gasteiger partial charge in [-0.25, -0.2) is 15.0 Å². The lowest BCUT2D eigenvalue weighted by atomic mass is 10.1. The molecule has 1 aromatic carbocycles. The monoisotopic (exact) mass is 339 g/mol. The van der Waals surface area contributed by atoms with E-state index in [4.69, 9.17) is 0 Å². The van der Waals surface area contributed by atoms with Gasteiger partial charge in [0.2, 0.25) is 0 Å². The first kappa shape index (κ1) is 16.7. The maximum atomic E-state index is 4.61. The molecule has 24 heavy (non-hydrogen) atoms. The number of benzene rings is 1. The molecule has 0 bridgehead atoms. The molecule has 0 spiro atoms. The molecule has 1 N–H and O–H groups in total. The fourth-order valence-electron chi connectivity index (χ4n) is 2.45. The molecule has 6 heteroatoms. The van der Waals surface area contributed by atoms with Gasteiger partial charge in [0.05, 0.1) is 5.69 Å². The third-order valence-corrected chi connectivity index (χ3v) is 4.42. The normalized spacial score (nSPS) is 11.1. The van der Waals surface area contributed by atoms with E-state index in [1.54, 1.807) is 23.7 Å². The van der Waals surface area contributed by atoms with Gasteiger partial charge in [-0.05, 0) is 31.3 Å². The number of hydrogen-bond acceptors (Lipinski definition) is 6. The van der Waals surface area contributed by atoms with E-state index in [0.29, 0.717) is 5.82 Å². The Labute approximate surface area is 146 Å². The second kappa shape index (κ2) is 8.10. The van der Waals surface area contributed by atoms with Crippen molar-refractivity contribution >= 4 is 11.3 Å². The molecule has 0 unspecified atom stereocenters. The number of hydrogen-bond donors (Lipinski definition) is 1. The van der Waals surface area contributed by atoms with Gasteiger partial charge in [-0.1, -0.05) is 24.3 Å². The fourth-order valence-corrected chi connectivity index (χ4v) is 3.22. The van der Waals surface area contributed by atoms with E-state index in [-0.39, 0.29) is 0 Å². The average Bonchev–Trinajstić information content (AvgIpc) is 3.06. The number of nitrogens with zero attached hydrogens (tertiary/aromatic N) is 4. The molecule has 3 aromatic rings. The summed E-state index contributed by atoms with van der Waals surface area (Å²) in [6.07, 6.45) is 3.48. The minimum Gasteiger partial charge on any atom is -0.307 e. The Morgan fingerprint density at radius 2 is 1.75 bits per heavy atom. The molecule has 0 aliphatic rings. The van der Waals surface area contributed by atoms with Crippen molar-refractivity contribution in [1.82, 2.24) is 25.2 Å². The van der Waals surface area contributed by atoms with Crippen LogP contribution >= 0.6 is 11.3 Å². The minimum atomic E-state index is 0.685. The lowest BCUT2D eigenvalue weighted by Crippen LogP contribution is -2.17. The van der Waals surface area contributed by atoms with Crippen LogP contribution in [0.25, 0.3) is 10.8 Å². The summed E-state index contributed by atoms with van der Waals surface area (Å²) in [4.78, 5) is 15.3. The van der Waals surface area contributed by atoms with Crippen molar-refractivity contribution in [2.24, 2.45) is 0 Å².